The summed E-state index contributed by atoms with van der Waals surface area (Å²) in [6, 6.07) is 11.1. The third-order valence-corrected chi connectivity index (χ3v) is 6.10. The summed E-state index contributed by atoms with van der Waals surface area (Å²) in [5.74, 6) is -0.668. The fourth-order valence-electron chi connectivity index (χ4n) is 2.58. The van der Waals surface area contributed by atoms with Crippen LogP contribution >= 0.6 is 11.7 Å². The molecule has 1 heterocycles. The van der Waals surface area contributed by atoms with E-state index in [0.29, 0.717) is 16.7 Å². The van der Waals surface area contributed by atoms with Crippen molar-refractivity contribution in [1.82, 2.24) is 13.5 Å². The Kier molecular flexibility index (Phi) is 5.54. The minimum atomic E-state index is -3.95. The standard InChI is InChI=1S/C18H20N4O3S2/c1-11(2)16(18(23)19-13-9-7-12(3)8-10-13)22-27(24,25)15-6-4-5-14-17(15)21-26-20-14/h4-11,16,22H,1-3H3,(H,19,23). The van der Waals surface area contributed by atoms with Gasteiger partial charge in [0, 0.05) is 5.69 Å². The van der Waals surface area contributed by atoms with Crippen molar-refractivity contribution in [2.24, 2.45) is 5.92 Å². The maximum absolute atomic E-state index is 12.9. The summed E-state index contributed by atoms with van der Waals surface area (Å²) in [4.78, 5) is 12.7. The summed E-state index contributed by atoms with van der Waals surface area (Å²) in [5.41, 5.74) is 2.49. The van der Waals surface area contributed by atoms with Crippen LogP contribution in [0.5, 0.6) is 0 Å². The lowest BCUT2D eigenvalue weighted by Gasteiger charge is -2.21. The number of aromatic nitrogens is 2. The number of rotatable bonds is 6. The molecule has 0 fully saturated rings. The van der Waals surface area contributed by atoms with Gasteiger partial charge in [0.15, 0.2) is 0 Å². The number of hydrogen-bond donors (Lipinski definition) is 2. The van der Waals surface area contributed by atoms with E-state index in [1.54, 1.807) is 38.1 Å². The van der Waals surface area contributed by atoms with E-state index in [2.05, 4.69) is 18.8 Å². The summed E-state index contributed by atoms with van der Waals surface area (Å²) < 4.78 is 36.5. The van der Waals surface area contributed by atoms with Gasteiger partial charge >= 0.3 is 0 Å². The number of carbonyl (C=O) groups excluding carboxylic acids is 1. The Balaban J connectivity index is 1.86. The lowest BCUT2D eigenvalue weighted by atomic mass is 10.0. The van der Waals surface area contributed by atoms with E-state index in [4.69, 9.17) is 0 Å². The highest BCUT2D eigenvalue weighted by Gasteiger charge is 2.30. The fourth-order valence-corrected chi connectivity index (χ4v) is 4.69. The van der Waals surface area contributed by atoms with Gasteiger partial charge in [-0.3, -0.25) is 4.79 Å². The number of anilines is 1. The van der Waals surface area contributed by atoms with Gasteiger partial charge in [0.2, 0.25) is 15.9 Å². The van der Waals surface area contributed by atoms with E-state index in [1.807, 2.05) is 19.1 Å². The number of fused-ring (bicyclic) bond motifs is 1. The molecule has 1 aromatic heterocycles. The average molecular weight is 405 g/mol. The summed E-state index contributed by atoms with van der Waals surface area (Å²) in [6.45, 7) is 5.52. The largest absolute Gasteiger partial charge is 0.325 e. The van der Waals surface area contributed by atoms with Crippen molar-refractivity contribution >= 4 is 44.4 Å². The van der Waals surface area contributed by atoms with Crippen LogP contribution in [0.2, 0.25) is 0 Å². The Labute approximate surface area is 162 Å². The molecule has 0 saturated heterocycles. The molecule has 27 heavy (non-hydrogen) atoms. The second-order valence-corrected chi connectivity index (χ2v) is 8.80. The van der Waals surface area contributed by atoms with Crippen molar-refractivity contribution in [2.75, 3.05) is 5.32 Å². The number of nitrogens with one attached hydrogen (secondary N) is 2. The molecule has 0 aliphatic heterocycles. The van der Waals surface area contributed by atoms with Crippen LogP contribution in [0.15, 0.2) is 47.4 Å². The molecule has 0 radical (unpaired) electrons. The molecule has 1 atom stereocenters. The van der Waals surface area contributed by atoms with Crippen molar-refractivity contribution in [3.63, 3.8) is 0 Å². The maximum Gasteiger partial charge on any atom is 0.243 e. The van der Waals surface area contributed by atoms with Gasteiger partial charge in [-0.25, -0.2) is 8.42 Å². The highest BCUT2D eigenvalue weighted by Crippen LogP contribution is 2.22. The molecular weight excluding hydrogens is 384 g/mol. The van der Waals surface area contributed by atoms with Gasteiger partial charge in [0.25, 0.3) is 0 Å². The number of sulfonamides is 1. The van der Waals surface area contributed by atoms with E-state index < -0.39 is 22.0 Å². The minimum absolute atomic E-state index is 0.0162. The second kappa shape index (κ2) is 7.71. The SMILES string of the molecule is Cc1ccc(NC(=O)C(NS(=O)(=O)c2cccc3nsnc23)C(C)C)cc1. The Morgan fingerprint density at radius 2 is 1.78 bits per heavy atom. The van der Waals surface area contributed by atoms with Crippen molar-refractivity contribution in [1.29, 1.82) is 0 Å². The number of amides is 1. The quantitative estimate of drug-likeness (QED) is 0.658. The van der Waals surface area contributed by atoms with E-state index in [0.717, 1.165) is 17.3 Å². The van der Waals surface area contributed by atoms with Crippen LogP contribution in [0.1, 0.15) is 19.4 Å². The average Bonchev–Trinajstić information content (AvgIpc) is 3.10. The highest BCUT2D eigenvalue weighted by atomic mass is 32.2. The molecule has 0 aliphatic rings. The molecule has 0 bridgehead atoms. The van der Waals surface area contributed by atoms with Gasteiger partial charge in [0.1, 0.15) is 22.0 Å². The number of hydrogen-bond acceptors (Lipinski definition) is 6. The molecule has 1 unspecified atom stereocenters. The minimum Gasteiger partial charge on any atom is -0.325 e. The molecule has 9 heteroatoms. The summed E-state index contributed by atoms with van der Waals surface area (Å²) in [6.07, 6.45) is 0. The number of nitrogens with zero attached hydrogens (tertiary/aromatic N) is 2. The second-order valence-electron chi connectivity index (χ2n) is 6.59. The Morgan fingerprint density at radius 3 is 2.44 bits per heavy atom. The monoisotopic (exact) mass is 404 g/mol. The van der Waals surface area contributed by atoms with E-state index in [-0.39, 0.29) is 10.8 Å². The molecule has 0 aliphatic carbocycles. The van der Waals surface area contributed by atoms with E-state index >= 15 is 0 Å². The smallest absolute Gasteiger partial charge is 0.243 e. The Morgan fingerprint density at radius 1 is 1.07 bits per heavy atom. The molecule has 142 valence electrons. The third-order valence-electron chi connectivity index (χ3n) is 4.09. The van der Waals surface area contributed by atoms with E-state index in [1.165, 1.54) is 6.07 Å². The van der Waals surface area contributed by atoms with Crippen LogP contribution in [0, 0.1) is 12.8 Å². The molecule has 3 rings (SSSR count). The van der Waals surface area contributed by atoms with Gasteiger partial charge < -0.3 is 5.32 Å². The van der Waals surface area contributed by atoms with E-state index in [9.17, 15) is 13.2 Å². The summed E-state index contributed by atoms with van der Waals surface area (Å²) in [5, 5.41) is 2.76. The van der Waals surface area contributed by atoms with Crippen molar-refractivity contribution in [3.05, 3.63) is 48.0 Å². The number of carbonyl (C=O) groups is 1. The predicted octanol–water partition coefficient (Wildman–Crippen LogP) is 2.94. The van der Waals surface area contributed by atoms with Crippen molar-refractivity contribution in [2.45, 2.75) is 31.7 Å². The zero-order chi connectivity index (χ0) is 19.6. The lowest BCUT2D eigenvalue weighted by Crippen LogP contribution is -2.47. The molecule has 7 nitrogen and oxygen atoms in total. The molecule has 0 spiro atoms. The zero-order valence-electron chi connectivity index (χ0n) is 15.1. The van der Waals surface area contributed by atoms with Gasteiger partial charge in [-0.1, -0.05) is 37.6 Å². The first-order valence-corrected chi connectivity index (χ1v) is 10.6. The Hall–Kier alpha value is -2.36. The normalized spacial score (nSPS) is 13.0. The van der Waals surface area contributed by atoms with Gasteiger partial charge in [0.05, 0.1) is 11.7 Å². The molecule has 2 N–H and O–H groups in total. The fraction of sp³-hybridized carbons (Fsp3) is 0.278. The first-order valence-electron chi connectivity index (χ1n) is 8.39. The zero-order valence-corrected chi connectivity index (χ0v) is 16.8. The van der Waals surface area contributed by atoms with Crippen LogP contribution in [0.25, 0.3) is 11.0 Å². The van der Waals surface area contributed by atoms with Crippen LogP contribution in [0.4, 0.5) is 5.69 Å². The maximum atomic E-state index is 12.9. The molecular formula is C18H20N4O3S2. The molecule has 3 aromatic rings. The number of benzene rings is 2. The summed E-state index contributed by atoms with van der Waals surface area (Å²) in [7, 11) is -3.95. The third kappa shape index (κ3) is 4.32. The van der Waals surface area contributed by atoms with Crippen LogP contribution in [-0.2, 0) is 14.8 Å². The van der Waals surface area contributed by atoms with Crippen LogP contribution < -0.4 is 10.0 Å². The first kappa shape index (κ1) is 19.4. The first-order chi connectivity index (χ1) is 12.8. The molecule has 2 aromatic carbocycles. The van der Waals surface area contributed by atoms with Crippen LogP contribution in [-0.4, -0.2) is 29.1 Å². The molecule has 0 saturated carbocycles. The van der Waals surface area contributed by atoms with Gasteiger partial charge in [-0.15, -0.1) is 0 Å². The van der Waals surface area contributed by atoms with Gasteiger partial charge in [-0.2, -0.15) is 13.5 Å². The topological polar surface area (TPSA) is 101 Å². The van der Waals surface area contributed by atoms with Crippen LogP contribution in [0.3, 0.4) is 0 Å². The predicted molar refractivity (Wildman–Crippen MR) is 106 cm³/mol. The molecule has 1 amide bonds. The Bertz CT molecular complexity index is 1060. The number of aryl methyl sites for hydroxylation is 1. The highest BCUT2D eigenvalue weighted by molar-refractivity contribution is 7.89. The lowest BCUT2D eigenvalue weighted by molar-refractivity contribution is -0.118. The summed E-state index contributed by atoms with van der Waals surface area (Å²) >= 11 is 0.946. The van der Waals surface area contributed by atoms with Crippen molar-refractivity contribution < 1.29 is 13.2 Å². The van der Waals surface area contributed by atoms with Crippen molar-refractivity contribution in [3.8, 4) is 0 Å². The van der Waals surface area contributed by atoms with Gasteiger partial charge in [-0.05, 0) is 37.1 Å².